The van der Waals surface area contributed by atoms with Crippen LogP contribution in [0.25, 0.3) is 0 Å². The van der Waals surface area contributed by atoms with Crippen molar-refractivity contribution in [2.24, 2.45) is 10.1 Å². The average Bonchev–Trinajstić information content (AvgIpc) is 2.13. The minimum Gasteiger partial charge on any atom is -0.477 e. The van der Waals surface area contributed by atoms with Crippen LogP contribution < -0.4 is 0 Å². The molecule has 5 nitrogen and oxygen atoms in total. The Morgan fingerprint density at radius 3 is 2.36 bits per heavy atom. The lowest BCUT2D eigenvalue weighted by Gasteiger charge is -2.11. The van der Waals surface area contributed by atoms with Gasteiger partial charge in [0.1, 0.15) is 11.5 Å². The molecule has 0 aromatic carbocycles. The van der Waals surface area contributed by atoms with Gasteiger partial charge in [-0.1, -0.05) is 6.08 Å². The summed E-state index contributed by atoms with van der Waals surface area (Å²) >= 11 is 0. The van der Waals surface area contributed by atoms with Gasteiger partial charge in [-0.2, -0.15) is 5.10 Å². The van der Waals surface area contributed by atoms with Gasteiger partial charge in [0.05, 0.1) is 0 Å². The lowest BCUT2D eigenvalue weighted by atomic mass is 10.4. The van der Waals surface area contributed by atoms with Crippen LogP contribution >= 0.6 is 0 Å². The second-order valence-corrected chi connectivity index (χ2v) is 2.54. The van der Waals surface area contributed by atoms with Gasteiger partial charge in [0.25, 0.3) is 0 Å². The number of hydrogen-bond acceptors (Lipinski definition) is 3. The van der Waals surface area contributed by atoms with Crippen molar-refractivity contribution in [2.45, 2.75) is 20.8 Å². The second-order valence-electron chi connectivity index (χ2n) is 2.54. The minimum atomic E-state index is -1.04. The van der Waals surface area contributed by atoms with Gasteiger partial charge < -0.3 is 5.11 Å². The first-order valence-corrected chi connectivity index (χ1v) is 4.20. The lowest BCUT2D eigenvalue weighted by Crippen LogP contribution is -2.18. The first-order chi connectivity index (χ1) is 6.52. The number of rotatable bonds is 3. The fourth-order valence-corrected chi connectivity index (χ4v) is 0.739. The van der Waals surface area contributed by atoms with E-state index >= 15 is 0 Å². The van der Waals surface area contributed by atoms with Gasteiger partial charge in [-0.3, -0.25) is 5.01 Å². The number of nitrogens with zero attached hydrogens (tertiary/aromatic N) is 3. The second kappa shape index (κ2) is 5.90. The van der Waals surface area contributed by atoms with Gasteiger partial charge in [-0.15, -0.1) is 0 Å². The van der Waals surface area contributed by atoms with Gasteiger partial charge in [0.2, 0.25) is 0 Å². The van der Waals surface area contributed by atoms with Crippen molar-refractivity contribution in [1.82, 2.24) is 5.01 Å². The van der Waals surface area contributed by atoms with Gasteiger partial charge in [-0.05, 0) is 20.8 Å². The number of hydrogen-bond donors (Lipinski definition) is 1. The molecule has 0 saturated carbocycles. The first-order valence-electron chi connectivity index (χ1n) is 4.20. The van der Waals surface area contributed by atoms with Crippen molar-refractivity contribution >= 4 is 18.0 Å². The molecule has 5 heteroatoms. The quantitative estimate of drug-likeness (QED) is 0.321. The standard InChI is InChI=1S/C9H15N3O2/c1-5-8(9(13)14)11-7(3)12(4)10-6-2/h5-6H,1-4H3,(H,13,14)/b8-5-,10-6-,11-7?. The van der Waals surface area contributed by atoms with Crippen LogP contribution in [0.2, 0.25) is 0 Å². The molecule has 0 aliphatic carbocycles. The molecule has 0 amide bonds. The number of carboxylic acids is 1. The Labute approximate surface area is 83.4 Å². The summed E-state index contributed by atoms with van der Waals surface area (Å²) in [7, 11) is 1.70. The van der Waals surface area contributed by atoms with E-state index in [1.54, 1.807) is 34.0 Å². The molecule has 0 atom stereocenters. The molecule has 0 aromatic heterocycles. The van der Waals surface area contributed by atoms with E-state index in [-0.39, 0.29) is 5.70 Å². The summed E-state index contributed by atoms with van der Waals surface area (Å²) in [6.45, 7) is 5.10. The third-order valence-electron chi connectivity index (χ3n) is 1.53. The largest absolute Gasteiger partial charge is 0.477 e. The maximum atomic E-state index is 10.6. The molecule has 0 fully saturated rings. The number of aliphatic imine (C=N–C) groups is 1. The van der Waals surface area contributed by atoms with Gasteiger partial charge in [0.15, 0.2) is 0 Å². The fraction of sp³-hybridized carbons (Fsp3) is 0.444. The molecule has 0 saturated heterocycles. The molecule has 14 heavy (non-hydrogen) atoms. The van der Waals surface area contributed by atoms with Crippen LogP contribution in [-0.4, -0.2) is 35.2 Å². The SMILES string of the molecule is C/C=N\N(C)C(C)=N/C(=C\C)C(=O)O. The van der Waals surface area contributed by atoms with Crippen molar-refractivity contribution < 1.29 is 9.90 Å². The van der Waals surface area contributed by atoms with E-state index in [9.17, 15) is 4.79 Å². The van der Waals surface area contributed by atoms with Crippen LogP contribution in [-0.2, 0) is 4.79 Å². The van der Waals surface area contributed by atoms with Crippen LogP contribution in [0.4, 0.5) is 0 Å². The molecular weight excluding hydrogens is 182 g/mol. The minimum absolute atomic E-state index is 0.0145. The maximum absolute atomic E-state index is 10.6. The summed E-state index contributed by atoms with van der Waals surface area (Å²) < 4.78 is 0. The van der Waals surface area contributed by atoms with E-state index in [2.05, 4.69) is 10.1 Å². The zero-order valence-corrected chi connectivity index (χ0v) is 8.85. The highest BCUT2D eigenvalue weighted by atomic mass is 16.4. The smallest absolute Gasteiger partial charge is 0.354 e. The highest BCUT2D eigenvalue weighted by molar-refractivity contribution is 5.91. The molecule has 0 rings (SSSR count). The molecule has 0 aliphatic rings. The summed E-state index contributed by atoms with van der Waals surface area (Å²) in [5, 5.41) is 14.1. The van der Waals surface area contributed by atoms with Crippen molar-refractivity contribution in [2.75, 3.05) is 7.05 Å². The highest BCUT2D eigenvalue weighted by Gasteiger charge is 2.05. The third kappa shape index (κ3) is 3.84. The summed E-state index contributed by atoms with van der Waals surface area (Å²) in [6, 6.07) is 0. The average molecular weight is 197 g/mol. The van der Waals surface area contributed by atoms with Crippen molar-refractivity contribution in [3.8, 4) is 0 Å². The molecule has 78 valence electrons. The van der Waals surface area contributed by atoms with Crippen molar-refractivity contribution in [3.05, 3.63) is 11.8 Å². The van der Waals surface area contributed by atoms with E-state index in [4.69, 9.17) is 5.11 Å². The van der Waals surface area contributed by atoms with E-state index in [0.717, 1.165) is 0 Å². The summed E-state index contributed by atoms with van der Waals surface area (Å²) in [5.41, 5.74) is 0.0145. The van der Waals surface area contributed by atoms with Crippen LogP contribution in [0.5, 0.6) is 0 Å². The summed E-state index contributed by atoms with van der Waals surface area (Å²) in [5.74, 6) is -0.515. The summed E-state index contributed by atoms with van der Waals surface area (Å²) in [4.78, 5) is 14.5. The molecule has 0 bridgehead atoms. The summed E-state index contributed by atoms with van der Waals surface area (Å²) in [6.07, 6.45) is 3.05. The molecule has 0 aliphatic heterocycles. The topological polar surface area (TPSA) is 65.3 Å². The number of carboxylic acid groups (broad SMARTS) is 1. The van der Waals surface area contributed by atoms with Crippen LogP contribution in [0.1, 0.15) is 20.8 Å². The highest BCUT2D eigenvalue weighted by Crippen LogP contribution is 1.99. The van der Waals surface area contributed by atoms with Gasteiger partial charge >= 0.3 is 5.97 Å². The molecule has 0 spiro atoms. The predicted molar refractivity (Wildman–Crippen MR) is 56.4 cm³/mol. The van der Waals surface area contributed by atoms with Crippen molar-refractivity contribution in [3.63, 3.8) is 0 Å². The van der Waals surface area contributed by atoms with Crippen LogP contribution in [0, 0.1) is 0 Å². The zero-order chi connectivity index (χ0) is 11.1. The van der Waals surface area contributed by atoms with Crippen LogP contribution in [0.3, 0.4) is 0 Å². The molecular formula is C9H15N3O2. The monoisotopic (exact) mass is 197 g/mol. The molecule has 1 N–H and O–H groups in total. The third-order valence-corrected chi connectivity index (χ3v) is 1.53. The zero-order valence-electron chi connectivity index (χ0n) is 8.85. The Balaban J connectivity index is 4.73. The normalized spacial score (nSPS) is 13.4. The Kier molecular flexibility index (Phi) is 5.21. The number of hydrazone groups is 1. The molecule has 0 heterocycles. The number of aliphatic carboxylic acids is 1. The van der Waals surface area contributed by atoms with E-state index in [1.807, 2.05) is 0 Å². The van der Waals surface area contributed by atoms with E-state index in [0.29, 0.717) is 5.84 Å². The fourth-order valence-electron chi connectivity index (χ4n) is 0.739. The van der Waals surface area contributed by atoms with Gasteiger partial charge in [-0.25, -0.2) is 9.79 Å². The molecule has 0 radical (unpaired) electrons. The Hall–Kier alpha value is -1.65. The maximum Gasteiger partial charge on any atom is 0.354 e. The number of allylic oxidation sites excluding steroid dienone is 1. The number of carbonyl (C=O) groups is 1. The first kappa shape index (κ1) is 12.3. The molecule has 0 aromatic rings. The number of amidine groups is 1. The van der Waals surface area contributed by atoms with Crippen molar-refractivity contribution in [1.29, 1.82) is 0 Å². The Morgan fingerprint density at radius 2 is 2.00 bits per heavy atom. The Morgan fingerprint density at radius 1 is 1.43 bits per heavy atom. The van der Waals surface area contributed by atoms with Gasteiger partial charge in [0, 0.05) is 13.3 Å². The molecule has 0 unspecified atom stereocenters. The predicted octanol–water partition coefficient (Wildman–Crippen LogP) is 1.33. The van der Waals surface area contributed by atoms with E-state index in [1.165, 1.54) is 11.1 Å². The van der Waals surface area contributed by atoms with E-state index < -0.39 is 5.97 Å². The van der Waals surface area contributed by atoms with Crippen LogP contribution in [0.15, 0.2) is 21.9 Å². The Bertz CT molecular complexity index is 292. The lowest BCUT2D eigenvalue weighted by molar-refractivity contribution is -0.132.